The molecule has 0 atom stereocenters. The Hall–Kier alpha value is -4.31. The van der Waals surface area contributed by atoms with Gasteiger partial charge >= 0.3 is 0 Å². The summed E-state index contributed by atoms with van der Waals surface area (Å²) in [7, 11) is 5.02. The molecule has 1 N–H and O–H groups in total. The summed E-state index contributed by atoms with van der Waals surface area (Å²) in [5.74, 6) is -3.71. The maximum absolute atomic E-state index is 13.8. The van der Waals surface area contributed by atoms with Crippen LogP contribution >= 0.6 is 0 Å². The van der Waals surface area contributed by atoms with Gasteiger partial charge in [0.05, 0.1) is 41.7 Å². The Kier molecular flexibility index (Phi) is 6.58. The predicted octanol–water partition coefficient (Wildman–Crippen LogP) is 5.61. The quantitative estimate of drug-likeness (QED) is 0.212. The number of halogens is 3. The molecule has 0 spiro atoms. The van der Waals surface area contributed by atoms with Gasteiger partial charge in [-0.3, -0.25) is 4.79 Å². The highest BCUT2D eigenvalue weighted by atomic mass is 19.2. The monoisotopic (exact) mass is 522 g/mol. The summed E-state index contributed by atoms with van der Waals surface area (Å²) in [5, 5.41) is 3.26. The molecule has 10 heteroatoms. The highest BCUT2D eigenvalue weighted by molar-refractivity contribution is 6.10. The molecule has 0 saturated carbocycles. The predicted molar refractivity (Wildman–Crippen MR) is 139 cm³/mol. The number of anilines is 1. The number of carbonyl (C=O) groups is 1. The van der Waals surface area contributed by atoms with Crippen molar-refractivity contribution in [1.82, 2.24) is 14.0 Å². The van der Waals surface area contributed by atoms with Crippen molar-refractivity contribution >= 4 is 28.0 Å². The zero-order valence-corrected chi connectivity index (χ0v) is 21.2. The van der Waals surface area contributed by atoms with Gasteiger partial charge in [-0.05, 0) is 37.3 Å². The fourth-order valence-electron chi connectivity index (χ4n) is 4.86. The molecule has 0 bridgehead atoms. The summed E-state index contributed by atoms with van der Waals surface area (Å²) >= 11 is 0. The van der Waals surface area contributed by atoms with E-state index in [0.29, 0.717) is 36.6 Å². The third-order valence-electron chi connectivity index (χ3n) is 6.63. The Morgan fingerprint density at radius 3 is 2.45 bits per heavy atom. The van der Waals surface area contributed by atoms with E-state index in [1.54, 1.807) is 50.1 Å². The summed E-state index contributed by atoms with van der Waals surface area (Å²) in [6, 6.07) is 10.3. The Balaban J connectivity index is 1.71. The second-order valence-electron chi connectivity index (χ2n) is 8.73. The number of benzene rings is 2. The topological polar surface area (TPSA) is 69.8 Å². The van der Waals surface area contributed by atoms with E-state index in [4.69, 9.17) is 14.5 Å². The first kappa shape index (κ1) is 25.3. The molecule has 3 heterocycles. The first-order valence-electron chi connectivity index (χ1n) is 11.8. The van der Waals surface area contributed by atoms with Gasteiger partial charge < -0.3 is 23.8 Å². The number of hydrogen-bond donors (Lipinski definition) is 1. The second-order valence-corrected chi connectivity index (χ2v) is 8.73. The molecule has 5 aromatic rings. The van der Waals surface area contributed by atoms with E-state index in [1.807, 2.05) is 19.1 Å². The molecule has 0 aliphatic carbocycles. The van der Waals surface area contributed by atoms with E-state index in [-0.39, 0.29) is 11.3 Å². The number of aryl methyl sites for hydroxylation is 1. The number of carbonyl (C=O) groups excluding carboxylic acids is 1. The van der Waals surface area contributed by atoms with Gasteiger partial charge in [0.1, 0.15) is 17.1 Å². The third kappa shape index (κ3) is 3.97. The third-order valence-corrected chi connectivity index (χ3v) is 6.63. The Labute approximate surface area is 216 Å². The first-order valence-corrected chi connectivity index (χ1v) is 11.8. The molecular weight excluding hydrogens is 497 g/mol. The van der Waals surface area contributed by atoms with Crippen molar-refractivity contribution in [3.63, 3.8) is 0 Å². The van der Waals surface area contributed by atoms with E-state index < -0.39 is 23.2 Å². The number of nitrogens with one attached hydrogen (secondary N) is 1. The molecule has 0 aliphatic heterocycles. The SMILES string of the molecule is CNc1c(-c2cccn3c(C(=O)c4cc(F)c(F)c(F)c4)ccc23)c(OC)cc2c1nc(C)n2CCOC. The highest BCUT2D eigenvalue weighted by Crippen LogP contribution is 2.44. The van der Waals surface area contributed by atoms with Crippen molar-refractivity contribution in [3.8, 4) is 16.9 Å². The summed E-state index contributed by atoms with van der Waals surface area (Å²) in [6.07, 6.45) is 1.68. The van der Waals surface area contributed by atoms with Crippen LogP contribution in [0.1, 0.15) is 21.9 Å². The molecule has 3 aromatic heterocycles. The fourth-order valence-corrected chi connectivity index (χ4v) is 4.86. The fraction of sp³-hybridized carbons (Fsp3) is 0.214. The van der Waals surface area contributed by atoms with Crippen LogP contribution in [0.2, 0.25) is 0 Å². The van der Waals surface area contributed by atoms with Crippen LogP contribution in [0.15, 0.2) is 48.7 Å². The average Bonchev–Trinajstić information content (AvgIpc) is 3.49. The molecule has 0 fully saturated rings. The molecule has 196 valence electrons. The van der Waals surface area contributed by atoms with Crippen LogP contribution in [0.4, 0.5) is 18.9 Å². The normalized spacial score (nSPS) is 11.4. The summed E-state index contributed by atoms with van der Waals surface area (Å²) in [4.78, 5) is 18.0. The lowest BCUT2D eigenvalue weighted by molar-refractivity contribution is 0.103. The summed E-state index contributed by atoms with van der Waals surface area (Å²) < 4.78 is 55.9. The van der Waals surface area contributed by atoms with Crippen molar-refractivity contribution in [2.75, 3.05) is 33.2 Å². The summed E-state index contributed by atoms with van der Waals surface area (Å²) in [6.45, 7) is 3.07. The number of hydrogen-bond acceptors (Lipinski definition) is 5. The van der Waals surface area contributed by atoms with Crippen molar-refractivity contribution in [2.24, 2.45) is 0 Å². The standard InChI is InChI=1S/C28H25F3N4O3/c1-15-33-26-22(34(15)10-11-37-3)14-23(38-4)24(27(26)32-2)17-6-5-9-35-20(17)7-8-21(35)28(36)16-12-18(29)25(31)19(30)13-16/h5-9,12-14,32H,10-11H2,1-4H3. The van der Waals surface area contributed by atoms with Gasteiger partial charge in [0.15, 0.2) is 17.5 Å². The van der Waals surface area contributed by atoms with Crippen molar-refractivity contribution in [1.29, 1.82) is 0 Å². The van der Waals surface area contributed by atoms with Gasteiger partial charge in [-0.1, -0.05) is 6.07 Å². The molecule has 0 unspecified atom stereocenters. The van der Waals surface area contributed by atoms with Gasteiger partial charge in [0, 0.05) is 44.1 Å². The van der Waals surface area contributed by atoms with Crippen molar-refractivity contribution in [2.45, 2.75) is 13.5 Å². The van der Waals surface area contributed by atoms with Crippen LogP contribution in [-0.2, 0) is 11.3 Å². The maximum atomic E-state index is 13.8. The largest absolute Gasteiger partial charge is 0.496 e. The van der Waals surface area contributed by atoms with Crippen LogP contribution in [-0.4, -0.2) is 47.6 Å². The first-order chi connectivity index (χ1) is 18.3. The number of aromatic nitrogens is 3. The van der Waals surface area contributed by atoms with Crippen LogP contribution in [0.5, 0.6) is 5.75 Å². The van der Waals surface area contributed by atoms with Crippen LogP contribution < -0.4 is 10.1 Å². The zero-order valence-electron chi connectivity index (χ0n) is 21.2. The van der Waals surface area contributed by atoms with E-state index in [9.17, 15) is 18.0 Å². The molecule has 7 nitrogen and oxygen atoms in total. The Morgan fingerprint density at radius 1 is 1.05 bits per heavy atom. The molecule has 0 amide bonds. The number of ketones is 1. The van der Waals surface area contributed by atoms with Crippen LogP contribution in [0, 0.1) is 24.4 Å². The minimum Gasteiger partial charge on any atom is -0.496 e. The number of pyridine rings is 1. The van der Waals surface area contributed by atoms with Crippen molar-refractivity contribution in [3.05, 3.63) is 83.2 Å². The minimum atomic E-state index is -1.62. The Bertz CT molecular complexity index is 1680. The average molecular weight is 523 g/mol. The van der Waals surface area contributed by atoms with Gasteiger partial charge in [-0.25, -0.2) is 18.2 Å². The highest BCUT2D eigenvalue weighted by Gasteiger charge is 2.24. The van der Waals surface area contributed by atoms with E-state index in [1.165, 1.54) is 0 Å². The van der Waals surface area contributed by atoms with Gasteiger partial charge in [0.2, 0.25) is 5.78 Å². The van der Waals surface area contributed by atoms with Crippen LogP contribution in [0.25, 0.3) is 27.7 Å². The number of nitrogens with zero attached hydrogens (tertiary/aromatic N) is 3. The maximum Gasteiger partial charge on any atom is 0.209 e. The lowest BCUT2D eigenvalue weighted by Gasteiger charge is -2.17. The molecule has 0 aliphatic rings. The minimum absolute atomic E-state index is 0.165. The molecular formula is C28H25F3N4O3. The molecule has 2 aromatic carbocycles. The smallest absolute Gasteiger partial charge is 0.209 e. The van der Waals surface area contributed by atoms with Gasteiger partial charge in [-0.2, -0.15) is 0 Å². The van der Waals surface area contributed by atoms with Crippen molar-refractivity contribution < 1.29 is 27.4 Å². The lowest BCUT2D eigenvalue weighted by Crippen LogP contribution is -2.08. The molecule has 5 rings (SSSR count). The van der Waals surface area contributed by atoms with E-state index in [0.717, 1.165) is 33.7 Å². The zero-order chi connectivity index (χ0) is 27.1. The molecule has 38 heavy (non-hydrogen) atoms. The summed E-state index contributed by atoms with van der Waals surface area (Å²) in [5.41, 5.74) is 4.38. The molecule has 0 saturated heterocycles. The lowest BCUT2D eigenvalue weighted by atomic mass is 10.0. The van der Waals surface area contributed by atoms with E-state index in [2.05, 4.69) is 9.88 Å². The second kappa shape index (κ2) is 9.86. The van der Waals surface area contributed by atoms with Gasteiger partial charge in [-0.15, -0.1) is 0 Å². The molecule has 0 radical (unpaired) electrons. The number of ether oxygens (including phenoxy) is 2. The number of methoxy groups -OCH3 is 2. The van der Waals surface area contributed by atoms with Crippen LogP contribution in [0.3, 0.4) is 0 Å². The van der Waals surface area contributed by atoms with E-state index >= 15 is 0 Å². The number of fused-ring (bicyclic) bond motifs is 2. The van der Waals surface area contributed by atoms with Gasteiger partial charge in [0.25, 0.3) is 0 Å². The Morgan fingerprint density at radius 2 is 1.79 bits per heavy atom. The number of rotatable bonds is 8. The number of imidazole rings is 1.